The van der Waals surface area contributed by atoms with Gasteiger partial charge in [-0.15, -0.1) is 11.8 Å². The van der Waals surface area contributed by atoms with Crippen LogP contribution >= 0.6 is 23.4 Å². The van der Waals surface area contributed by atoms with Crippen molar-refractivity contribution in [2.45, 2.75) is 47.9 Å². The van der Waals surface area contributed by atoms with Crippen molar-refractivity contribution < 1.29 is 23.2 Å². The third kappa shape index (κ3) is 11.0. The lowest BCUT2D eigenvalue weighted by Crippen LogP contribution is -2.47. The van der Waals surface area contributed by atoms with Crippen molar-refractivity contribution >= 4 is 78.7 Å². The van der Waals surface area contributed by atoms with Gasteiger partial charge in [-0.25, -0.2) is 23.2 Å². The Hall–Kier alpha value is -5.26. The summed E-state index contributed by atoms with van der Waals surface area (Å²) in [5.74, 6) is -1.08. The number of aromatic nitrogens is 2. The van der Waals surface area contributed by atoms with E-state index < -0.39 is 37.1 Å². The first-order chi connectivity index (χ1) is 29.3. The Morgan fingerprint density at radius 1 is 0.984 bits per heavy atom. The molecule has 4 aromatic carbocycles. The molecule has 2 heterocycles. The number of sulfonamides is 1. The van der Waals surface area contributed by atoms with Gasteiger partial charge in [0, 0.05) is 71.6 Å². The van der Waals surface area contributed by atoms with Gasteiger partial charge in [0.1, 0.15) is 12.0 Å². The zero-order chi connectivity index (χ0) is 43.1. The van der Waals surface area contributed by atoms with E-state index in [-0.39, 0.29) is 17.5 Å². The summed E-state index contributed by atoms with van der Waals surface area (Å²) in [6.07, 6.45) is 6.35. The van der Waals surface area contributed by atoms with Gasteiger partial charge in [-0.2, -0.15) is 0 Å². The average Bonchev–Trinajstić information content (AvgIpc) is 3.25. The molecule has 1 aromatic heterocycles. The quantitative estimate of drug-likeness (QED) is 0.0462. The Morgan fingerprint density at radius 3 is 2.43 bits per heavy atom. The molecule has 0 spiro atoms. The summed E-state index contributed by atoms with van der Waals surface area (Å²) in [5, 5.41) is 27.0. The van der Waals surface area contributed by atoms with Crippen molar-refractivity contribution in [1.29, 1.82) is 0 Å². The first-order valence-corrected chi connectivity index (χ1v) is 23.1. The lowest BCUT2D eigenvalue weighted by atomic mass is 9.87. The fraction of sp³-hybridized carbons (Fsp3) is 0.341. The number of piperazine rings is 1. The van der Waals surface area contributed by atoms with Crippen molar-refractivity contribution in [3.8, 4) is 0 Å². The van der Waals surface area contributed by atoms with Crippen LogP contribution in [0, 0.1) is 10.1 Å². The number of aromatic carboxylic acids is 1. The summed E-state index contributed by atoms with van der Waals surface area (Å²) in [4.78, 5) is 40.2. The van der Waals surface area contributed by atoms with Crippen LogP contribution < -0.4 is 14.9 Å². The number of fused-ring (bicyclic) bond motifs is 1. The fourth-order valence-electron chi connectivity index (χ4n) is 7.83. The standard InChI is InChI=1S/C44H49ClN8O6S2/c1-50(2)19-18-33(28-60-35-9-4-3-5-10-35)48-42-39(44(54)55)25-36(26-41(42)53(56)57)61(58,59)49-43-38-17-16-34(24-40(38)46-29-47-43)52-22-20-51(21-23-52)27-31-8-6-7-11-37(31)30-12-14-32(45)15-13-30/h3-5,9-10,12-17,24-26,29,33,48H,6-8,11,18-23,27-28H2,1-2H3,(H,54,55)(H,46,47,49). The molecule has 1 saturated heterocycles. The number of carbonyl (C=O) groups is 1. The number of nitrogens with zero attached hydrogens (tertiary/aromatic N) is 6. The van der Waals surface area contributed by atoms with Gasteiger partial charge in [0.2, 0.25) is 0 Å². The number of nitro benzene ring substituents is 1. The number of hydrogen-bond donors (Lipinski definition) is 3. The Balaban J connectivity index is 1.07. The maximum absolute atomic E-state index is 13.9. The molecule has 1 aliphatic carbocycles. The maximum atomic E-state index is 13.9. The SMILES string of the molecule is CN(C)CCC(CSc1ccccc1)Nc1c(C(=O)O)cc(S(=O)(=O)Nc2ncnc3cc(N4CCN(CC5=C(c6ccc(Cl)cc6)CCCC5)CC4)ccc23)cc1[N+](=O)[O-]. The molecule has 0 bridgehead atoms. The lowest BCUT2D eigenvalue weighted by Gasteiger charge is -2.37. The summed E-state index contributed by atoms with van der Waals surface area (Å²) in [6.45, 7) is 4.92. The largest absolute Gasteiger partial charge is 0.478 e. The van der Waals surface area contributed by atoms with Crippen molar-refractivity contribution in [3.05, 3.63) is 123 Å². The van der Waals surface area contributed by atoms with Crippen LogP contribution in [0.15, 0.2) is 107 Å². The lowest BCUT2D eigenvalue weighted by molar-refractivity contribution is -0.384. The van der Waals surface area contributed by atoms with Gasteiger partial charge in [0.25, 0.3) is 15.7 Å². The number of nitro groups is 1. The molecule has 0 radical (unpaired) electrons. The number of halogens is 1. The summed E-state index contributed by atoms with van der Waals surface area (Å²) < 4.78 is 30.3. The second-order valence-electron chi connectivity index (χ2n) is 15.6. The minimum absolute atomic E-state index is 0.0398. The summed E-state index contributed by atoms with van der Waals surface area (Å²) in [7, 11) is -0.776. The van der Waals surface area contributed by atoms with Gasteiger partial charge in [-0.1, -0.05) is 47.5 Å². The Labute approximate surface area is 365 Å². The van der Waals surface area contributed by atoms with Crippen LogP contribution in [0.2, 0.25) is 5.02 Å². The number of anilines is 3. The molecule has 2 aliphatic rings. The highest BCUT2D eigenvalue weighted by atomic mass is 35.5. The van der Waals surface area contributed by atoms with Crippen LogP contribution in [0.25, 0.3) is 16.5 Å². The van der Waals surface area contributed by atoms with E-state index in [1.54, 1.807) is 6.07 Å². The van der Waals surface area contributed by atoms with Gasteiger partial charge in [0.15, 0.2) is 5.82 Å². The predicted molar refractivity (Wildman–Crippen MR) is 244 cm³/mol. The molecular weight excluding hydrogens is 836 g/mol. The van der Waals surface area contributed by atoms with E-state index in [4.69, 9.17) is 11.6 Å². The maximum Gasteiger partial charge on any atom is 0.338 e. The molecule has 1 unspecified atom stereocenters. The number of allylic oxidation sites excluding steroid dienone is 1. The van der Waals surface area contributed by atoms with Crippen LogP contribution in [-0.2, 0) is 10.0 Å². The van der Waals surface area contributed by atoms with Gasteiger partial charge in [-0.05, 0) is 112 Å². The molecule has 1 fully saturated rings. The monoisotopic (exact) mass is 884 g/mol. The third-order valence-corrected chi connectivity index (χ3v) is 13.8. The second-order valence-corrected chi connectivity index (χ2v) is 18.8. The van der Waals surface area contributed by atoms with E-state index in [2.05, 4.69) is 41.9 Å². The first kappa shape index (κ1) is 43.8. The van der Waals surface area contributed by atoms with Gasteiger partial charge in [-0.3, -0.25) is 19.7 Å². The van der Waals surface area contributed by atoms with Crippen molar-refractivity contribution in [2.24, 2.45) is 0 Å². The van der Waals surface area contributed by atoms with Crippen LogP contribution in [0.5, 0.6) is 0 Å². The summed E-state index contributed by atoms with van der Waals surface area (Å²) in [5.41, 5.74) is 4.16. The second kappa shape index (κ2) is 19.6. The number of benzene rings is 4. The normalized spacial score (nSPS) is 15.6. The van der Waals surface area contributed by atoms with Gasteiger partial charge in [0.05, 0.1) is 20.9 Å². The molecule has 5 aromatic rings. The zero-order valence-electron chi connectivity index (χ0n) is 34.1. The molecule has 1 atom stereocenters. The van der Waals surface area contributed by atoms with E-state index in [1.165, 1.54) is 47.6 Å². The number of carboxylic acids is 1. The molecule has 0 amide bonds. The van der Waals surface area contributed by atoms with Crippen LogP contribution in [0.1, 0.15) is 48.0 Å². The summed E-state index contributed by atoms with van der Waals surface area (Å²) >= 11 is 7.70. The Bertz CT molecular complexity index is 2480. The fourth-order valence-corrected chi connectivity index (χ4v) is 10.0. The molecule has 17 heteroatoms. The van der Waals surface area contributed by atoms with E-state index in [0.29, 0.717) is 29.6 Å². The number of thioether (sulfide) groups is 1. The van der Waals surface area contributed by atoms with Crippen LogP contribution in [-0.4, -0.2) is 109 Å². The Morgan fingerprint density at radius 2 is 1.72 bits per heavy atom. The number of hydrogen-bond acceptors (Lipinski definition) is 12. The van der Waals surface area contributed by atoms with Crippen LogP contribution in [0.3, 0.4) is 0 Å². The number of nitrogens with one attached hydrogen (secondary N) is 2. The van der Waals surface area contributed by atoms with Crippen molar-refractivity contribution in [2.75, 3.05) is 74.1 Å². The molecule has 3 N–H and O–H groups in total. The highest BCUT2D eigenvalue weighted by Gasteiger charge is 2.30. The molecule has 7 rings (SSSR count). The highest BCUT2D eigenvalue weighted by Crippen LogP contribution is 2.36. The van der Waals surface area contributed by atoms with E-state index in [0.717, 1.165) is 73.3 Å². The minimum Gasteiger partial charge on any atom is -0.478 e. The van der Waals surface area contributed by atoms with Gasteiger partial charge < -0.3 is 20.2 Å². The molecule has 61 heavy (non-hydrogen) atoms. The predicted octanol–water partition coefficient (Wildman–Crippen LogP) is 8.36. The smallest absolute Gasteiger partial charge is 0.338 e. The van der Waals surface area contributed by atoms with E-state index in [1.807, 2.05) is 73.6 Å². The van der Waals surface area contributed by atoms with Gasteiger partial charge >= 0.3 is 5.97 Å². The number of rotatable bonds is 17. The molecule has 14 nitrogen and oxygen atoms in total. The highest BCUT2D eigenvalue weighted by molar-refractivity contribution is 7.99. The topological polar surface area (TPSA) is 174 Å². The van der Waals surface area contributed by atoms with Crippen LogP contribution in [0.4, 0.5) is 22.9 Å². The zero-order valence-corrected chi connectivity index (χ0v) is 36.5. The minimum atomic E-state index is -4.57. The average molecular weight is 886 g/mol. The summed E-state index contributed by atoms with van der Waals surface area (Å²) in [6, 6.07) is 24.7. The molecule has 0 saturated carbocycles. The van der Waals surface area contributed by atoms with E-state index in [9.17, 15) is 28.4 Å². The van der Waals surface area contributed by atoms with Crippen molar-refractivity contribution in [3.63, 3.8) is 0 Å². The molecule has 320 valence electrons. The number of carboxylic acid groups (broad SMARTS) is 1. The molecule has 1 aliphatic heterocycles. The first-order valence-electron chi connectivity index (χ1n) is 20.2. The van der Waals surface area contributed by atoms with Crippen molar-refractivity contribution in [1.82, 2.24) is 19.8 Å². The molecular formula is C44H49ClN8O6S2. The van der Waals surface area contributed by atoms with E-state index >= 15 is 0 Å². The third-order valence-electron chi connectivity index (χ3n) is 11.1. The Kier molecular flexibility index (Phi) is 14.1.